The molecule has 1 aromatic heterocycles. The maximum absolute atomic E-state index is 11.9. The molecule has 0 aromatic carbocycles. The van der Waals surface area contributed by atoms with Crippen LogP contribution in [0.5, 0.6) is 0 Å². The molecule has 0 unspecified atom stereocenters. The molecule has 20 heavy (non-hydrogen) atoms. The zero-order valence-corrected chi connectivity index (χ0v) is 11.9. The first kappa shape index (κ1) is 14.8. The minimum atomic E-state index is -0.0737. The molecule has 2 heterocycles. The zero-order valence-electron chi connectivity index (χ0n) is 11.1. The number of nitrogens with zero attached hydrogens (tertiary/aromatic N) is 4. The van der Waals surface area contributed by atoms with Crippen molar-refractivity contribution >= 4 is 17.2 Å². The SMILES string of the molecule is [N-]=[N+]=NCc1ccc(C(=O)NCCN2CCOCC2)s1. The van der Waals surface area contributed by atoms with E-state index < -0.39 is 0 Å². The van der Waals surface area contributed by atoms with Gasteiger partial charge in [0.15, 0.2) is 0 Å². The number of ether oxygens (including phenoxy) is 1. The Morgan fingerprint density at radius 2 is 2.30 bits per heavy atom. The lowest BCUT2D eigenvalue weighted by Crippen LogP contribution is -2.41. The van der Waals surface area contributed by atoms with Crippen molar-refractivity contribution in [1.29, 1.82) is 0 Å². The molecule has 2 rings (SSSR count). The zero-order chi connectivity index (χ0) is 14.2. The van der Waals surface area contributed by atoms with Gasteiger partial charge in [0, 0.05) is 36.0 Å². The van der Waals surface area contributed by atoms with E-state index in [4.69, 9.17) is 10.3 Å². The van der Waals surface area contributed by atoms with Crippen LogP contribution in [0.2, 0.25) is 0 Å². The highest BCUT2D eigenvalue weighted by Gasteiger charge is 2.12. The molecule has 1 aliphatic heterocycles. The van der Waals surface area contributed by atoms with Crippen molar-refractivity contribution in [2.45, 2.75) is 6.54 Å². The van der Waals surface area contributed by atoms with Gasteiger partial charge in [0.05, 0.1) is 24.6 Å². The molecule has 0 atom stereocenters. The number of nitrogens with one attached hydrogen (secondary N) is 1. The van der Waals surface area contributed by atoms with Gasteiger partial charge in [-0.05, 0) is 17.7 Å². The lowest BCUT2D eigenvalue weighted by Gasteiger charge is -2.26. The van der Waals surface area contributed by atoms with E-state index in [9.17, 15) is 4.79 Å². The Kier molecular flexibility index (Phi) is 5.82. The molecule has 1 N–H and O–H groups in total. The molecule has 1 fully saturated rings. The second-order valence-corrected chi connectivity index (χ2v) is 5.53. The van der Waals surface area contributed by atoms with Gasteiger partial charge in [-0.25, -0.2) is 0 Å². The topological polar surface area (TPSA) is 90.3 Å². The van der Waals surface area contributed by atoms with Gasteiger partial charge in [-0.3, -0.25) is 9.69 Å². The van der Waals surface area contributed by atoms with Crippen LogP contribution in [0, 0.1) is 0 Å². The van der Waals surface area contributed by atoms with Crippen molar-refractivity contribution in [3.8, 4) is 0 Å². The van der Waals surface area contributed by atoms with Gasteiger partial charge >= 0.3 is 0 Å². The van der Waals surface area contributed by atoms with E-state index in [0.717, 1.165) is 37.7 Å². The molecule has 1 saturated heterocycles. The quantitative estimate of drug-likeness (QED) is 0.491. The van der Waals surface area contributed by atoms with Crippen LogP contribution < -0.4 is 5.32 Å². The second kappa shape index (κ2) is 7.86. The number of carbonyl (C=O) groups excluding carboxylic acids is 1. The van der Waals surface area contributed by atoms with Crippen LogP contribution in [0.4, 0.5) is 0 Å². The first-order valence-electron chi connectivity index (χ1n) is 6.47. The molecule has 0 bridgehead atoms. The molecule has 8 heteroatoms. The van der Waals surface area contributed by atoms with E-state index in [1.54, 1.807) is 6.07 Å². The maximum Gasteiger partial charge on any atom is 0.261 e. The Morgan fingerprint density at radius 3 is 3.05 bits per heavy atom. The summed E-state index contributed by atoms with van der Waals surface area (Å²) in [7, 11) is 0. The highest BCUT2D eigenvalue weighted by molar-refractivity contribution is 7.14. The highest BCUT2D eigenvalue weighted by atomic mass is 32.1. The van der Waals surface area contributed by atoms with Gasteiger partial charge in [0.2, 0.25) is 0 Å². The molecule has 0 spiro atoms. The highest BCUT2D eigenvalue weighted by Crippen LogP contribution is 2.17. The van der Waals surface area contributed by atoms with Crippen molar-refractivity contribution in [1.82, 2.24) is 10.2 Å². The Balaban J connectivity index is 1.73. The summed E-state index contributed by atoms with van der Waals surface area (Å²) in [6.07, 6.45) is 0. The molecular weight excluding hydrogens is 278 g/mol. The number of hydrogen-bond acceptors (Lipinski definition) is 5. The third-order valence-corrected chi connectivity index (χ3v) is 4.06. The summed E-state index contributed by atoms with van der Waals surface area (Å²) >= 11 is 1.36. The molecular formula is C12H17N5O2S. The van der Waals surface area contributed by atoms with Crippen LogP contribution >= 0.6 is 11.3 Å². The van der Waals surface area contributed by atoms with Crippen molar-refractivity contribution in [2.24, 2.45) is 5.11 Å². The first-order valence-corrected chi connectivity index (χ1v) is 7.29. The van der Waals surface area contributed by atoms with Gasteiger partial charge in [-0.1, -0.05) is 5.11 Å². The van der Waals surface area contributed by atoms with Gasteiger partial charge < -0.3 is 10.1 Å². The fourth-order valence-electron chi connectivity index (χ4n) is 1.93. The second-order valence-electron chi connectivity index (χ2n) is 4.36. The monoisotopic (exact) mass is 295 g/mol. The van der Waals surface area contributed by atoms with Crippen molar-refractivity contribution in [2.75, 3.05) is 39.4 Å². The van der Waals surface area contributed by atoms with Crippen molar-refractivity contribution < 1.29 is 9.53 Å². The Morgan fingerprint density at radius 1 is 1.50 bits per heavy atom. The van der Waals surface area contributed by atoms with E-state index in [1.165, 1.54) is 11.3 Å². The summed E-state index contributed by atoms with van der Waals surface area (Å²) < 4.78 is 5.27. The minimum Gasteiger partial charge on any atom is -0.379 e. The number of morpholine rings is 1. The van der Waals surface area contributed by atoms with Crippen molar-refractivity contribution in [3.63, 3.8) is 0 Å². The predicted octanol–water partition coefficient (Wildman–Crippen LogP) is 1.62. The summed E-state index contributed by atoms with van der Waals surface area (Å²) in [6, 6.07) is 3.58. The van der Waals surface area contributed by atoms with E-state index in [2.05, 4.69) is 20.2 Å². The number of carbonyl (C=O) groups is 1. The van der Waals surface area contributed by atoms with Gasteiger partial charge in [0.25, 0.3) is 5.91 Å². The van der Waals surface area contributed by atoms with Crippen LogP contribution in [0.3, 0.4) is 0 Å². The molecule has 1 aliphatic rings. The molecule has 1 aromatic rings. The summed E-state index contributed by atoms with van der Waals surface area (Å²) in [5, 5.41) is 6.38. The van der Waals surface area contributed by atoms with Crippen LogP contribution in [0.15, 0.2) is 17.2 Å². The molecule has 1 amide bonds. The third kappa shape index (κ3) is 4.50. The van der Waals surface area contributed by atoms with E-state index in [-0.39, 0.29) is 5.91 Å². The smallest absolute Gasteiger partial charge is 0.261 e. The molecule has 7 nitrogen and oxygen atoms in total. The van der Waals surface area contributed by atoms with Crippen LogP contribution in [-0.4, -0.2) is 50.2 Å². The van der Waals surface area contributed by atoms with Gasteiger partial charge in [-0.15, -0.1) is 11.3 Å². The lowest BCUT2D eigenvalue weighted by atomic mass is 10.4. The van der Waals surface area contributed by atoms with Crippen LogP contribution in [0.25, 0.3) is 10.4 Å². The Labute approximate surface area is 121 Å². The maximum atomic E-state index is 11.9. The number of azide groups is 1. The number of thiophene rings is 1. The summed E-state index contributed by atoms with van der Waals surface area (Å²) in [6.45, 7) is 5.14. The summed E-state index contributed by atoms with van der Waals surface area (Å²) in [5.41, 5.74) is 8.25. The lowest BCUT2D eigenvalue weighted by molar-refractivity contribution is 0.0383. The van der Waals surface area contributed by atoms with Crippen LogP contribution in [-0.2, 0) is 11.3 Å². The van der Waals surface area contributed by atoms with E-state index >= 15 is 0 Å². The summed E-state index contributed by atoms with van der Waals surface area (Å²) in [5.74, 6) is -0.0737. The molecule has 0 radical (unpaired) electrons. The largest absolute Gasteiger partial charge is 0.379 e. The molecule has 0 saturated carbocycles. The average Bonchev–Trinajstić information content (AvgIpc) is 2.95. The number of rotatable bonds is 6. The Hall–Kier alpha value is -1.60. The van der Waals surface area contributed by atoms with Gasteiger partial charge in [-0.2, -0.15) is 0 Å². The van der Waals surface area contributed by atoms with E-state index in [0.29, 0.717) is 18.0 Å². The third-order valence-electron chi connectivity index (χ3n) is 2.99. The fourth-order valence-corrected chi connectivity index (χ4v) is 2.77. The fraction of sp³-hybridized carbons (Fsp3) is 0.583. The first-order chi connectivity index (χ1) is 9.79. The minimum absolute atomic E-state index is 0.0737. The molecule has 0 aliphatic carbocycles. The standard InChI is InChI=1S/C12H17N5O2S/c13-16-15-9-10-1-2-11(20-10)12(18)14-3-4-17-5-7-19-8-6-17/h1-2H,3-9H2,(H,14,18). The van der Waals surface area contributed by atoms with Crippen molar-refractivity contribution in [3.05, 3.63) is 32.3 Å². The summed E-state index contributed by atoms with van der Waals surface area (Å²) in [4.78, 5) is 18.4. The van der Waals surface area contributed by atoms with E-state index in [1.807, 2.05) is 6.07 Å². The van der Waals surface area contributed by atoms with Crippen LogP contribution in [0.1, 0.15) is 14.5 Å². The molecule has 108 valence electrons. The predicted molar refractivity (Wildman–Crippen MR) is 76.8 cm³/mol. The number of amides is 1. The number of hydrogen-bond donors (Lipinski definition) is 1. The normalized spacial score (nSPS) is 15.6. The Bertz CT molecular complexity index is 492. The average molecular weight is 295 g/mol. The van der Waals surface area contributed by atoms with Gasteiger partial charge in [0.1, 0.15) is 0 Å².